The quantitative estimate of drug-likeness (QED) is 0.888. The molecule has 3 rings (SSSR count). The van der Waals surface area contributed by atoms with Gasteiger partial charge in [0.25, 0.3) is 0 Å². The van der Waals surface area contributed by atoms with Crippen molar-refractivity contribution in [3.8, 4) is 5.88 Å². The Labute approximate surface area is 142 Å². The molecule has 1 aromatic carbocycles. The van der Waals surface area contributed by atoms with Crippen LogP contribution in [-0.2, 0) is 22.6 Å². The van der Waals surface area contributed by atoms with Crippen LogP contribution in [0.4, 0.5) is 13.2 Å². The summed E-state index contributed by atoms with van der Waals surface area (Å²) in [4.78, 5) is 6.95. The van der Waals surface area contributed by atoms with Gasteiger partial charge in [0.15, 0.2) is 0 Å². The van der Waals surface area contributed by atoms with Crippen LogP contribution >= 0.6 is 0 Å². The monoisotopic (exact) mass is 373 g/mol. The second-order valence-electron chi connectivity index (χ2n) is 5.67. The third-order valence-electron chi connectivity index (χ3n) is 3.77. The van der Waals surface area contributed by atoms with Crippen molar-refractivity contribution in [1.29, 1.82) is 0 Å². The van der Waals surface area contributed by atoms with Gasteiger partial charge < -0.3 is 4.74 Å². The fraction of sp³-hybridized carbons (Fsp3) is 0.333. The minimum absolute atomic E-state index is 0.255. The van der Waals surface area contributed by atoms with Crippen molar-refractivity contribution in [1.82, 2.24) is 14.7 Å². The minimum atomic E-state index is -4.68. The molecule has 134 valence electrons. The van der Waals surface area contributed by atoms with E-state index in [0.717, 1.165) is 18.1 Å². The molecule has 0 spiro atoms. The van der Waals surface area contributed by atoms with E-state index in [0.29, 0.717) is 11.8 Å². The maximum Gasteiger partial charge on any atom is 0.423 e. The second-order valence-corrected chi connectivity index (χ2v) is 7.45. The first-order valence-corrected chi connectivity index (χ1v) is 9.13. The first-order valence-electron chi connectivity index (χ1n) is 7.24. The lowest BCUT2D eigenvalue weighted by Gasteiger charge is -2.23. The number of nitrogens with zero attached hydrogens (tertiary/aromatic N) is 2. The highest BCUT2D eigenvalue weighted by molar-refractivity contribution is 7.88. The maximum absolute atomic E-state index is 13.1. The zero-order valence-electron chi connectivity index (χ0n) is 13.0. The van der Waals surface area contributed by atoms with E-state index in [1.165, 1.54) is 0 Å². The summed E-state index contributed by atoms with van der Waals surface area (Å²) >= 11 is 0. The smallest absolute Gasteiger partial charge is 0.423 e. The summed E-state index contributed by atoms with van der Waals surface area (Å²) < 4.78 is 70.4. The Morgan fingerprint density at radius 3 is 2.68 bits per heavy atom. The van der Waals surface area contributed by atoms with Gasteiger partial charge in [0.1, 0.15) is 18.0 Å². The molecule has 0 amide bonds. The van der Waals surface area contributed by atoms with Crippen LogP contribution in [0.1, 0.15) is 22.7 Å². The van der Waals surface area contributed by atoms with E-state index in [1.807, 2.05) is 0 Å². The molecule has 10 heteroatoms. The van der Waals surface area contributed by atoms with Crippen molar-refractivity contribution in [2.24, 2.45) is 0 Å². The van der Waals surface area contributed by atoms with Gasteiger partial charge in [0.2, 0.25) is 15.9 Å². The molecule has 2 atom stereocenters. The van der Waals surface area contributed by atoms with Gasteiger partial charge >= 0.3 is 6.18 Å². The van der Waals surface area contributed by atoms with Crippen LogP contribution in [0.5, 0.6) is 5.88 Å². The summed E-state index contributed by atoms with van der Waals surface area (Å²) in [7, 11) is -3.60. The zero-order chi connectivity index (χ0) is 18.2. The van der Waals surface area contributed by atoms with Crippen LogP contribution in [0, 0.1) is 0 Å². The summed E-state index contributed by atoms with van der Waals surface area (Å²) in [6.07, 6.45) is -2.72. The van der Waals surface area contributed by atoms with E-state index in [2.05, 4.69) is 14.7 Å². The van der Waals surface area contributed by atoms with Gasteiger partial charge in [-0.05, 0) is 11.1 Å². The van der Waals surface area contributed by atoms with Crippen molar-refractivity contribution >= 4 is 10.0 Å². The van der Waals surface area contributed by atoms with Crippen molar-refractivity contribution in [2.75, 3.05) is 6.26 Å². The SMILES string of the molecule is CS(=O)(=O)N[C@@H]1c2ccccc2C[C@H]1Oc1ncncc1C(F)(F)F. The predicted molar refractivity (Wildman–Crippen MR) is 82.3 cm³/mol. The molecule has 0 radical (unpaired) electrons. The lowest BCUT2D eigenvalue weighted by Crippen LogP contribution is -2.36. The van der Waals surface area contributed by atoms with Crippen molar-refractivity contribution in [2.45, 2.75) is 24.7 Å². The molecule has 0 unspecified atom stereocenters. The lowest BCUT2D eigenvalue weighted by atomic mass is 10.1. The van der Waals surface area contributed by atoms with Gasteiger partial charge in [-0.2, -0.15) is 13.2 Å². The van der Waals surface area contributed by atoms with E-state index >= 15 is 0 Å². The second kappa shape index (κ2) is 6.26. The van der Waals surface area contributed by atoms with Gasteiger partial charge in [-0.1, -0.05) is 24.3 Å². The summed E-state index contributed by atoms with van der Waals surface area (Å²) in [5.74, 6) is -0.624. The molecular weight excluding hydrogens is 359 g/mol. The Kier molecular flexibility index (Phi) is 4.41. The number of benzene rings is 1. The summed E-state index contributed by atoms with van der Waals surface area (Å²) in [6.45, 7) is 0. The van der Waals surface area contributed by atoms with Crippen LogP contribution in [0.2, 0.25) is 0 Å². The molecular formula is C15H14F3N3O3S. The Morgan fingerprint density at radius 1 is 1.28 bits per heavy atom. The van der Waals surface area contributed by atoms with Gasteiger partial charge in [0.05, 0.1) is 12.3 Å². The minimum Gasteiger partial charge on any atom is -0.471 e. The molecule has 1 N–H and O–H groups in total. The van der Waals surface area contributed by atoms with E-state index < -0.39 is 39.8 Å². The third kappa shape index (κ3) is 3.90. The number of hydrogen-bond donors (Lipinski definition) is 1. The van der Waals surface area contributed by atoms with E-state index in [-0.39, 0.29) is 6.42 Å². The Bertz CT molecular complexity index is 887. The molecule has 2 aromatic rings. The standard InChI is InChI=1S/C15H14F3N3O3S/c1-25(22,23)21-13-10-5-3-2-4-9(10)6-12(13)24-14-11(15(16,17)18)7-19-8-20-14/h2-5,7-8,12-13,21H,6H2,1H3/t12-,13-/m1/s1. The Morgan fingerprint density at radius 2 is 2.00 bits per heavy atom. The molecule has 1 aliphatic rings. The highest BCUT2D eigenvalue weighted by atomic mass is 32.2. The summed E-state index contributed by atoms with van der Waals surface area (Å²) in [6, 6.07) is 6.18. The third-order valence-corrected chi connectivity index (χ3v) is 4.45. The van der Waals surface area contributed by atoms with Gasteiger partial charge in [0, 0.05) is 12.6 Å². The number of alkyl halides is 3. The van der Waals surface area contributed by atoms with E-state index in [4.69, 9.17) is 4.74 Å². The fourth-order valence-electron chi connectivity index (χ4n) is 2.79. The molecule has 25 heavy (non-hydrogen) atoms. The molecule has 0 aliphatic heterocycles. The molecule has 0 saturated carbocycles. The molecule has 6 nitrogen and oxygen atoms in total. The number of nitrogens with one attached hydrogen (secondary N) is 1. The number of ether oxygens (including phenoxy) is 1. The highest BCUT2D eigenvalue weighted by Gasteiger charge is 2.40. The van der Waals surface area contributed by atoms with Crippen LogP contribution < -0.4 is 9.46 Å². The lowest BCUT2D eigenvalue weighted by molar-refractivity contribution is -0.140. The fourth-order valence-corrected chi connectivity index (χ4v) is 3.53. The average Bonchev–Trinajstić information content (AvgIpc) is 2.83. The van der Waals surface area contributed by atoms with Gasteiger partial charge in [-0.25, -0.2) is 23.1 Å². The topological polar surface area (TPSA) is 81.2 Å². The maximum atomic E-state index is 13.1. The van der Waals surface area contributed by atoms with Crippen LogP contribution in [-0.4, -0.2) is 30.7 Å². The molecule has 1 aromatic heterocycles. The summed E-state index contributed by atoms with van der Waals surface area (Å²) in [5.41, 5.74) is 0.362. The average molecular weight is 373 g/mol. The van der Waals surface area contributed by atoms with Gasteiger partial charge in [-0.15, -0.1) is 0 Å². The number of aromatic nitrogens is 2. The van der Waals surface area contributed by atoms with Crippen molar-refractivity contribution < 1.29 is 26.3 Å². The number of hydrogen-bond acceptors (Lipinski definition) is 5. The Balaban J connectivity index is 1.95. The first-order chi connectivity index (χ1) is 11.6. The van der Waals surface area contributed by atoms with Gasteiger partial charge in [-0.3, -0.25) is 0 Å². The molecule has 0 fully saturated rings. The number of halogens is 3. The van der Waals surface area contributed by atoms with E-state index in [1.54, 1.807) is 24.3 Å². The highest BCUT2D eigenvalue weighted by Crippen LogP contribution is 2.38. The van der Waals surface area contributed by atoms with E-state index in [9.17, 15) is 21.6 Å². The molecule has 1 aliphatic carbocycles. The van der Waals surface area contributed by atoms with Crippen LogP contribution in [0.15, 0.2) is 36.8 Å². The predicted octanol–water partition coefficient (Wildman–Crippen LogP) is 2.09. The number of sulfonamides is 1. The van der Waals surface area contributed by atoms with Crippen molar-refractivity contribution in [3.63, 3.8) is 0 Å². The summed E-state index contributed by atoms with van der Waals surface area (Å²) in [5, 5.41) is 0. The first kappa shape index (κ1) is 17.6. The Hall–Kier alpha value is -2.20. The van der Waals surface area contributed by atoms with Crippen molar-refractivity contribution in [3.05, 3.63) is 53.5 Å². The number of fused-ring (bicyclic) bond motifs is 1. The zero-order valence-corrected chi connectivity index (χ0v) is 13.8. The largest absolute Gasteiger partial charge is 0.471 e. The van der Waals surface area contributed by atoms with Crippen LogP contribution in [0.25, 0.3) is 0 Å². The molecule has 0 bridgehead atoms. The normalized spacial score (nSPS) is 20.3. The van der Waals surface area contributed by atoms with Crippen LogP contribution in [0.3, 0.4) is 0 Å². The molecule has 0 saturated heterocycles. The molecule has 1 heterocycles. The number of rotatable bonds is 4.